The van der Waals surface area contributed by atoms with E-state index in [0.717, 1.165) is 19.4 Å². The van der Waals surface area contributed by atoms with Gasteiger partial charge in [-0.25, -0.2) is 13.1 Å². The molecule has 5 nitrogen and oxygen atoms in total. The Kier molecular flexibility index (Phi) is 5.61. The van der Waals surface area contributed by atoms with E-state index in [1.165, 1.54) is 0 Å². The zero-order valence-corrected chi connectivity index (χ0v) is 13.4. The number of nitrogens with one attached hydrogen (secondary N) is 2. The molecular formula is C15H24N2O3S. The summed E-state index contributed by atoms with van der Waals surface area (Å²) < 4.78 is 33.2. The fourth-order valence-electron chi connectivity index (χ4n) is 2.45. The van der Waals surface area contributed by atoms with Crippen molar-refractivity contribution in [3.05, 3.63) is 24.3 Å². The maximum atomic E-state index is 12.5. The van der Waals surface area contributed by atoms with E-state index < -0.39 is 10.0 Å². The van der Waals surface area contributed by atoms with Crippen LogP contribution >= 0.6 is 0 Å². The highest BCUT2D eigenvalue weighted by Crippen LogP contribution is 2.23. The minimum absolute atomic E-state index is 0.112. The Hall–Kier alpha value is -1.11. The van der Waals surface area contributed by atoms with Crippen molar-refractivity contribution < 1.29 is 13.2 Å². The second-order valence-electron chi connectivity index (χ2n) is 5.40. The molecular weight excluding hydrogens is 288 g/mol. The number of benzene rings is 1. The summed E-state index contributed by atoms with van der Waals surface area (Å²) >= 11 is 0. The van der Waals surface area contributed by atoms with E-state index in [1.54, 1.807) is 18.2 Å². The third kappa shape index (κ3) is 4.18. The van der Waals surface area contributed by atoms with Gasteiger partial charge in [-0.05, 0) is 31.9 Å². The molecule has 0 aromatic heterocycles. The fourth-order valence-corrected chi connectivity index (χ4v) is 3.72. The lowest BCUT2D eigenvalue weighted by Crippen LogP contribution is -2.32. The number of hydrogen-bond donors (Lipinski definition) is 2. The quantitative estimate of drug-likeness (QED) is 0.810. The van der Waals surface area contributed by atoms with Crippen LogP contribution in [0.5, 0.6) is 0 Å². The lowest BCUT2D eigenvalue weighted by atomic mass is 10.0. The number of ether oxygens (including phenoxy) is 1. The molecule has 0 spiro atoms. The van der Waals surface area contributed by atoms with Gasteiger partial charge in [0, 0.05) is 25.6 Å². The lowest BCUT2D eigenvalue weighted by Gasteiger charge is -2.16. The predicted octanol–water partition coefficient (Wildman–Crippen LogP) is 2.21. The van der Waals surface area contributed by atoms with Crippen molar-refractivity contribution in [1.29, 1.82) is 0 Å². The van der Waals surface area contributed by atoms with Crippen LogP contribution in [-0.2, 0) is 14.8 Å². The Morgan fingerprint density at radius 3 is 2.76 bits per heavy atom. The molecule has 0 saturated carbocycles. The van der Waals surface area contributed by atoms with Crippen LogP contribution < -0.4 is 10.0 Å². The van der Waals surface area contributed by atoms with E-state index in [2.05, 4.69) is 10.0 Å². The zero-order chi connectivity index (χ0) is 15.3. The number of hydrogen-bond acceptors (Lipinski definition) is 4. The van der Waals surface area contributed by atoms with Gasteiger partial charge in [-0.15, -0.1) is 0 Å². The molecule has 0 radical (unpaired) electrons. The van der Waals surface area contributed by atoms with Gasteiger partial charge in [0.1, 0.15) is 4.90 Å². The van der Waals surface area contributed by atoms with Gasteiger partial charge in [-0.2, -0.15) is 0 Å². The second kappa shape index (κ2) is 7.24. The van der Waals surface area contributed by atoms with Crippen LogP contribution in [-0.4, -0.2) is 34.2 Å². The molecule has 21 heavy (non-hydrogen) atoms. The largest absolute Gasteiger partial charge is 0.384 e. The van der Waals surface area contributed by atoms with Crippen molar-refractivity contribution in [3.63, 3.8) is 0 Å². The second-order valence-corrected chi connectivity index (χ2v) is 7.13. The third-order valence-corrected chi connectivity index (χ3v) is 5.29. The summed E-state index contributed by atoms with van der Waals surface area (Å²) in [7, 11) is -3.50. The van der Waals surface area contributed by atoms with Crippen molar-refractivity contribution in [2.75, 3.05) is 25.0 Å². The normalized spacial score (nSPS) is 22.4. The molecule has 6 heteroatoms. The summed E-state index contributed by atoms with van der Waals surface area (Å²) in [5.41, 5.74) is 0.655. The molecule has 2 rings (SSSR count). The standard InChI is InChI=1S/C15H24N2O3S/c1-3-9-16-14-6-4-5-7-15(14)21(18,19)17-11-13-8-10-20-12(13)2/h4-7,12-13,16-17H,3,8-11H2,1-2H3. The fraction of sp³-hybridized carbons (Fsp3) is 0.600. The maximum Gasteiger partial charge on any atom is 0.242 e. The van der Waals surface area contributed by atoms with Crippen LogP contribution in [0.4, 0.5) is 5.69 Å². The summed E-state index contributed by atoms with van der Waals surface area (Å²) in [5, 5.41) is 3.16. The van der Waals surface area contributed by atoms with Gasteiger partial charge in [0.15, 0.2) is 0 Å². The summed E-state index contributed by atoms with van der Waals surface area (Å²) in [4.78, 5) is 0.310. The van der Waals surface area contributed by atoms with Crippen molar-refractivity contribution >= 4 is 15.7 Å². The molecule has 1 aromatic rings. The molecule has 0 amide bonds. The number of rotatable bonds is 7. The molecule has 2 unspecified atom stereocenters. The van der Waals surface area contributed by atoms with Gasteiger partial charge < -0.3 is 10.1 Å². The SMILES string of the molecule is CCCNc1ccccc1S(=O)(=O)NCC1CCOC1C. The molecule has 1 heterocycles. The summed E-state index contributed by atoms with van der Waals surface area (Å²) in [6.07, 6.45) is 1.96. The molecule has 2 N–H and O–H groups in total. The molecule has 0 aliphatic carbocycles. The first-order valence-corrected chi connectivity index (χ1v) is 8.97. The van der Waals surface area contributed by atoms with E-state index in [4.69, 9.17) is 4.74 Å². The summed E-state index contributed by atoms with van der Waals surface area (Å²) in [6, 6.07) is 7.01. The predicted molar refractivity (Wildman–Crippen MR) is 83.9 cm³/mol. The minimum Gasteiger partial charge on any atom is -0.384 e. The average Bonchev–Trinajstić information content (AvgIpc) is 2.89. The number of para-hydroxylation sites is 1. The smallest absolute Gasteiger partial charge is 0.242 e. The van der Waals surface area contributed by atoms with Crippen LogP contribution in [0.3, 0.4) is 0 Å². The minimum atomic E-state index is -3.50. The van der Waals surface area contributed by atoms with E-state index >= 15 is 0 Å². The molecule has 1 aromatic carbocycles. The van der Waals surface area contributed by atoms with E-state index in [1.807, 2.05) is 19.9 Å². The topological polar surface area (TPSA) is 67.4 Å². The first-order chi connectivity index (χ1) is 10.0. The van der Waals surface area contributed by atoms with E-state index in [0.29, 0.717) is 23.7 Å². The number of sulfonamides is 1. The molecule has 0 bridgehead atoms. The highest BCUT2D eigenvalue weighted by molar-refractivity contribution is 7.89. The van der Waals surface area contributed by atoms with Crippen molar-refractivity contribution in [2.24, 2.45) is 5.92 Å². The van der Waals surface area contributed by atoms with Crippen LogP contribution in [0.1, 0.15) is 26.7 Å². The molecule has 1 fully saturated rings. The first-order valence-electron chi connectivity index (χ1n) is 7.48. The monoisotopic (exact) mass is 312 g/mol. The van der Waals surface area contributed by atoms with E-state index in [-0.39, 0.29) is 12.0 Å². The average molecular weight is 312 g/mol. The lowest BCUT2D eigenvalue weighted by molar-refractivity contribution is 0.107. The zero-order valence-electron chi connectivity index (χ0n) is 12.6. The maximum absolute atomic E-state index is 12.5. The highest BCUT2D eigenvalue weighted by atomic mass is 32.2. The molecule has 2 atom stereocenters. The summed E-state index contributed by atoms with van der Waals surface area (Å²) in [5.74, 6) is 0.246. The van der Waals surface area contributed by atoms with Crippen molar-refractivity contribution in [3.8, 4) is 0 Å². The Balaban J connectivity index is 2.08. The van der Waals surface area contributed by atoms with Crippen LogP contribution in [0.15, 0.2) is 29.2 Å². The van der Waals surface area contributed by atoms with Gasteiger partial charge in [-0.1, -0.05) is 19.1 Å². The van der Waals surface area contributed by atoms with Gasteiger partial charge >= 0.3 is 0 Å². The van der Waals surface area contributed by atoms with Crippen molar-refractivity contribution in [1.82, 2.24) is 4.72 Å². The van der Waals surface area contributed by atoms with Crippen LogP contribution in [0.25, 0.3) is 0 Å². The van der Waals surface area contributed by atoms with Crippen LogP contribution in [0, 0.1) is 5.92 Å². The molecule has 1 aliphatic rings. The Morgan fingerprint density at radius 1 is 1.33 bits per heavy atom. The van der Waals surface area contributed by atoms with Gasteiger partial charge in [0.2, 0.25) is 10.0 Å². The van der Waals surface area contributed by atoms with Gasteiger partial charge in [-0.3, -0.25) is 0 Å². The Bertz CT molecular complexity index is 560. The first kappa shape index (κ1) is 16.3. The third-order valence-electron chi connectivity index (χ3n) is 3.81. The Labute approximate surface area is 127 Å². The molecule has 1 aliphatic heterocycles. The van der Waals surface area contributed by atoms with Gasteiger partial charge in [0.05, 0.1) is 11.8 Å². The van der Waals surface area contributed by atoms with E-state index in [9.17, 15) is 8.42 Å². The summed E-state index contributed by atoms with van der Waals surface area (Å²) in [6.45, 7) is 5.92. The molecule has 118 valence electrons. The van der Waals surface area contributed by atoms with Crippen molar-refractivity contribution in [2.45, 2.75) is 37.7 Å². The molecule has 1 saturated heterocycles. The van der Waals surface area contributed by atoms with Gasteiger partial charge in [0.25, 0.3) is 0 Å². The van der Waals surface area contributed by atoms with Crippen LogP contribution in [0.2, 0.25) is 0 Å². The highest BCUT2D eigenvalue weighted by Gasteiger charge is 2.26. The Morgan fingerprint density at radius 2 is 2.10 bits per heavy atom. The number of anilines is 1.